The van der Waals surface area contributed by atoms with Gasteiger partial charge in [0.2, 0.25) is 0 Å². The number of hydrogen-bond donors (Lipinski definition) is 1. The largest absolute Gasteiger partial charge is 0.357 e. The molecule has 1 aromatic heterocycles. The summed E-state index contributed by atoms with van der Waals surface area (Å²) in [4.78, 5) is 0. The van der Waals surface area contributed by atoms with Gasteiger partial charge in [0, 0.05) is 12.1 Å². The standard InChI is InChI=1S/C10H14N2O/c1(3-9-4-2-7-11-9)5-10-6-8-12-13-10/h1,5-6,8-9,11H,2-4,7H2/b5-1+. The Bertz CT molecular complexity index is 260. The second kappa shape index (κ2) is 4.23. The summed E-state index contributed by atoms with van der Waals surface area (Å²) in [5.41, 5.74) is 0. The predicted octanol–water partition coefficient (Wildman–Crippen LogP) is 1.83. The van der Waals surface area contributed by atoms with E-state index in [-0.39, 0.29) is 0 Å². The number of rotatable bonds is 3. The van der Waals surface area contributed by atoms with Crippen molar-refractivity contribution in [1.29, 1.82) is 0 Å². The summed E-state index contributed by atoms with van der Waals surface area (Å²) < 4.78 is 4.94. The molecule has 13 heavy (non-hydrogen) atoms. The fourth-order valence-electron chi connectivity index (χ4n) is 1.62. The van der Waals surface area contributed by atoms with Gasteiger partial charge in [-0.2, -0.15) is 0 Å². The first kappa shape index (κ1) is 8.51. The Kier molecular flexibility index (Phi) is 2.77. The Labute approximate surface area is 77.8 Å². The third kappa shape index (κ3) is 2.42. The van der Waals surface area contributed by atoms with Crippen molar-refractivity contribution in [3.8, 4) is 0 Å². The Morgan fingerprint density at radius 1 is 1.69 bits per heavy atom. The summed E-state index contributed by atoms with van der Waals surface area (Å²) in [5.74, 6) is 0.831. The van der Waals surface area contributed by atoms with Gasteiger partial charge in [-0.3, -0.25) is 0 Å². The SMILES string of the molecule is C(=C\c1ccno1)/CC1CCCN1. The van der Waals surface area contributed by atoms with Gasteiger partial charge in [0.15, 0.2) is 5.76 Å². The molecule has 1 unspecified atom stereocenters. The van der Waals surface area contributed by atoms with Crippen LogP contribution < -0.4 is 5.32 Å². The first-order chi connectivity index (χ1) is 6.45. The molecule has 0 spiro atoms. The summed E-state index contributed by atoms with van der Waals surface area (Å²) in [6, 6.07) is 2.53. The highest BCUT2D eigenvalue weighted by atomic mass is 16.5. The third-order valence-electron chi connectivity index (χ3n) is 2.32. The van der Waals surface area contributed by atoms with Crippen molar-refractivity contribution >= 4 is 6.08 Å². The Balaban J connectivity index is 1.78. The third-order valence-corrected chi connectivity index (χ3v) is 2.32. The van der Waals surface area contributed by atoms with Crippen molar-refractivity contribution in [2.75, 3.05) is 6.54 Å². The van der Waals surface area contributed by atoms with Gasteiger partial charge in [0.05, 0.1) is 6.20 Å². The smallest absolute Gasteiger partial charge is 0.159 e. The maximum Gasteiger partial charge on any atom is 0.159 e. The van der Waals surface area contributed by atoms with E-state index in [4.69, 9.17) is 4.52 Å². The van der Waals surface area contributed by atoms with Crippen molar-refractivity contribution in [2.45, 2.75) is 25.3 Å². The second-order valence-corrected chi connectivity index (χ2v) is 3.35. The lowest BCUT2D eigenvalue weighted by molar-refractivity contribution is 0.412. The first-order valence-electron chi connectivity index (χ1n) is 4.76. The molecule has 1 fully saturated rings. The molecule has 1 N–H and O–H groups in total. The van der Waals surface area contributed by atoms with Gasteiger partial charge in [-0.05, 0) is 31.9 Å². The second-order valence-electron chi connectivity index (χ2n) is 3.35. The quantitative estimate of drug-likeness (QED) is 0.767. The average Bonchev–Trinajstić information content (AvgIpc) is 2.75. The highest BCUT2D eigenvalue weighted by Crippen LogP contribution is 2.10. The molecule has 1 aliphatic rings. The molecule has 2 heterocycles. The first-order valence-corrected chi connectivity index (χ1v) is 4.76. The minimum atomic E-state index is 0.666. The van der Waals surface area contributed by atoms with E-state index < -0.39 is 0 Å². The minimum Gasteiger partial charge on any atom is -0.357 e. The monoisotopic (exact) mass is 178 g/mol. The summed E-state index contributed by atoms with van der Waals surface area (Å²) in [7, 11) is 0. The van der Waals surface area contributed by atoms with Crippen LogP contribution in [0, 0.1) is 0 Å². The van der Waals surface area contributed by atoms with Gasteiger partial charge in [-0.15, -0.1) is 0 Å². The van der Waals surface area contributed by atoms with E-state index in [9.17, 15) is 0 Å². The normalized spacial score (nSPS) is 22.9. The molecule has 1 aliphatic heterocycles. The lowest BCUT2D eigenvalue weighted by Gasteiger charge is -2.04. The van der Waals surface area contributed by atoms with Crippen LogP contribution in [0.2, 0.25) is 0 Å². The van der Waals surface area contributed by atoms with E-state index >= 15 is 0 Å². The van der Waals surface area contributed by atoms with E-state index in [0.29, 0.717) is 6.04 Å². The van der Waals surface area contributed by atoms with Crippen LogP contribution in [-0.2, 0) is 0 Å². The summed E-state index contributed by atoms with van der Waals surface area (Å²) in [6.45, 7) is 1.17. The summed E-state index contributed by atoms with van der Waals surface area (Å²) >= 11 is 0. The molecule has 0 aromatic carbocycles. The molecule has 3 nitrogen and oxygen atoms in total. The lowest BCUT2D eigenvalue weighted by Crippen LogP contribution is -2.19. The van der Waals surface area contributed by atoms with Crippen molar-refractivity contribution in [3.05, 3.63) is 24.1 Å². The van der Waals surface area contributed by atoms with Crippen LogP contribution >= 0.6 is 0 Å². The highest BCUT2D eigenvalue weighted by Gasteiger charge is 2.11. The van der Waals surface area contributed by atoms with Crippen molar-refractivity contribution < 1.29 is 4.52 Å². The van der Waals surface area contributed by atoms with Crippen molar-refractivity contribution in [3.63, 3.8) is 0 Å². The van der Waals surface area contributed by atoms with E-state index in [2.05, 4.69) is 16.5 Å². The maximum absolute atomic E-state index is 4.94. The van der Waals surface area contributed by atoms with Crippen LogP contribution in [0.25, 0.3) is 6.08 Å². The molecular weight excluding hydrogens is 164 g/mol. The van der Waals surface area contributed by atoms with Crippen LogP contribution in [0.4, 0.5) is 0 Å². The van der Waals surface area contributed by atoms with Gasteiger partial charge in [0.1, 0.15) is 0 Å². The van der Waals surface area contributed by atoms with E-state index in [1.54, 1.807) is 6.20 Å². The topological polar surface area (TPSA) is 38.1 Å². The molecule has 1 atom stereocenters. The molecule has 0 amide bonds. The van der Waals surface area contributed by atoms with Gasteiger partial charge in [-0.1, -0.05) is 11.2 Å². The molecule has 0 radical (unpaired) electrons. The fourth-order valence-corrected chi connectivity index (χ4v) is 1.62. The molecule has 0 saturated carbocycles. The Morgan fingerprint density at radius 2 is 2.69 bits per heavy atom. The number of nitrogens with zero attached hydrogens (tertiary/aromatic N) is 1. The minimum absolute atomic E-state index is 0.666. The lowest BCUT2D eigenvalue weighted by atomic mass is 10.1. The zero-order valence-corrected chi connectivity index (χ0v) is 7.57. The zero-order chi connectivity index (χ0) is 8.93. The van der Waals surface area contributed by atoms with E-state index in [1.165, 1.54) is 19.4 Å². The van der Waals surface area contributed by atoms with Crippen LogP contribution in [-0.4, -0.2) is 17.7 Å². The molecular formula is C10H14N2O. The van der Waals surface area contributed by atoms with E-state index in [1.807, 2.05) is 12.1 Å². The molecule has 3 heteroatoms. The Hall–Kier alpha value is -1.09. The van der Waals surface area contributed by atoms with Gasteiger partial charge >= 0.3 is 0 Å². The highest BCUT2D eigenvalue weighted by molar-refractivity contribution is 5.41. The van der Waals surface area contributed by atoms with E-state index in [0.717, 1.165) is 12.2 Å². The molecule has 1 aromatic rings. The molecule has 70 valence electrons. The number of hydrogen-bond acceptors (Lipinski definition) is 3. The molecule has 0 bridgehead atoms. The molecule has 1 saturated heterocycles. The Morgan fingerprint density at radius 3 is 3.38 bits per heavy atom. The van der Waals surface area contributed by atoms with Crippen LogP contribution in [0.5, 0.6) is 0 Å². The number of aromatic nitrogens is 1. The average molecular weight is 178 g/mol. The molecule has 2 rings (SSSR count). The van der Waals surface area contributed by atoms with Crippen LogP contribution in [0.1, 0.15) is 25.0 Å². The van der Waals surface area contributed by atoms with Gasteiger partial charge < -0.3 is 9.84 Å². The van der Waals surface area contributed by atoms with Gasteiger partial charge in [0.25, 0.3) is 0 Å². The summed E-state index contributed by atoms with van der Waals surface area (Å²) in [5, 5.41) is 7.07. The van der Waals surface area contributed by atoms with Gasteiger partial charge in [-0.25, -0.2) is 0 Å². The van der Waals surface area contributed by atoms with Crippen molar-refractivity contribution in [1.82, 2.24) is 10.5 Å². The fraction of sp³-hybridized carbons (Fsp3) is 0.500. The number of nitrogens with one attached hydrogen (secondary N) is 1. The van der Waals surface area contributed by atoms with Crippen LogP contribution in [0.3, 0.4) is 0 Å². The maximum atomic E-state index is 4.94. The van der Waals surface area contributed by atoms with Crippen LogP contribution in [0.15, 0.2) is 22.9 Å². The zero-order valence-electron chi connectivity index (χ0n) is 7.57. The summed E-state index contributed by atoms with van der Waals surface area (Å²) in [6.07, 6.45) is 9.46. The predicted molar refractivity (Wildman–Crippen MR) is 51.2 cm³/mol. The molecule has 0 aliphatic carbocycles. The van der Waals surface area contributed by atoms with Crippen molar-refractivity contribution in [2.24, 2.45) is 0 Å².